The first kappa shape index (κ1) is 15.7. The molecule has 0 bridgehead atoms. The van der Waals surface area contributed by atoms with Crippen LogP contribution in [0.15, 0.2) is 18.2 Å². The fourth-order valence-electron chi connectivity index (χ4n) is 2.10. The Labute approximate surface area is 116 Å². The maximum absolute atomic E-state index is 11.7. The Morgan fingerprint density at radius 3 is 2.47 bits per heavy atom. The molecule has 1 unspecified atom stereocenters. The summed E-state index contributed by atoms with van der Waals surface area (Å²) in [6, 6.07) is 5.98. The van der Waals surface area contributed by atoms with Crippen LogP contribution in [0.2, 0.25) is 0 Å². The number of hydrogen-bond donors (Lipinski definition) is 2. The van der Waals surface area contributed by atoms with Crippen LogP contribution in [-0.2, 0) is 4.79 Å². The maximum atomic E-state index is 11.7. The fourth-order valence-corrected chi connectivity index (χ4v) is 2.10. The zero-order valence-electron chi connectivity index (χ0n) is 12.6. The number of amides is 1. The van der Waals surface area contributed by atoms with Crippen LogP contribution in [0.4, 0.5) is 0 Å². The smallest absolute Gasteiger partial charge is 0.220 e. The van der Waals surface area contributed by atoms with Crippen molar-refractivity contribution in [2.24, 2.45) is 0 Å². The number of carbonyl (C=O) groups excluding carboxylic acids is 1. The maximum Gasteiger partial charge on any atom is 0.220 e. The van der Waals surface area contributed by atoms with E-state index in [9.17, 15) is 9.90 Å². The molecule has 2 N–H and O–H groups in total. The van der Waals surface area contributed by atoms with Gasteiger partial charge in [-0.15, -0.1) is 0 Å². The van der Waals surface area contributed by atoms with Gasteiger partial charge in [0.25, 0.3) is 0 Å². The van der Waals surface area contributed by atoms with Gasteiger partial charge in [0, 0.05) is 12.0 Å². The molecule has 0 heterocycles. The largest absolute Gasteiger partial charge is 0.388 e. The second kappa shape index (κ2) is 6.20. The number of benzene rings is 1. The number of aliphatic hydroxyl groups is 1. The lowest BCUT2D eigenvalue weighted by molar-refractivity contribution is -0.123. The van der Waals surface area contributed by atoms with Crippen LogP contribution in [0, 0.1) is 13.8 Å². The van der Waals surface area contributed by atoms with Gasteiger partial charge in [-0.2, -0.15) is 0 Å². The highest BCUT2D eigenvalue weighted by Crippen LogP contribution is 2.22. The number of aryl methyl sites for hydroxylation is 2. The van der Waals surface area contributed by atoms with Crippen LogP contribution in [0.3, 0.4) is 0 Å². The Morgan fingerprint density at radius 2 is 1.95 bits per heavy atom. The second-order valence-corrected chi connectivity index (χ2v) is 6.21. The summed E-state index contributed by atoms with van der Waals surface area (Å²) in [4.78, 5) is 11.7. The first-order valence-electron chi connectivity index (χ1n) is 6.75. The van der Waals surface area contributed by atoms with E-state index in [1.807, 2.05) is 52.8 Å². The van der Waals surface area contributed by atoms with E-state index in [-0.39, 0.29) is 11.4 Å². The van der Waals surface area contributed by atoms with E-state index in [2.05, 4.69) is 5.32 Å². The molecular formula is C16H25NO2. The van der Waals surface area contributed by atoms with Crippen LogP contribution in [-0.4, -0.2) is 16.6 Å². The molecule has 1 atom stereocenters. The average Bonchev–Trinajstić information content (AvgIpc) is 2.23. The lowest BCUT2D eigenvalue weighted by Gasteiger charge is -2.21. The van der Waals surface area contributed by atoms with Gasteiger partial charge >= 0.3 is 0 Å². The highest BCUT2D eigenvalue weighted by Gasteiger charge is 2.16. The molecule has 19 heavy (non-hydrogen) atoms. The molecule has 3 heteroatoms. The summed E-state index contributed by atoms with van der Waals surface area (Å²) < 4.78 is 0. The molecular weight excluding hydrogens is 238 g/mol. The van der Waals surface area contributed by atoms with Gasteiger partial charge in [-0.3, -0.25) is 4.79 Å². The van der Waals surface area contributed by atoms with Gasteiger partial charge in [-0.25, -0.2) is 0 Å². The van der Waals surface area contributed by atoms with E-state index >= 15 is 0 Å². The molecule has 0 saturated carbocycles. The molecule has 1 aromatic rings. The summed E-state index contributed by atoms with van der Waals surface area (Å²) in [6.07, 6.45) is 0.212. The third-order valence-electron chi connectivity index (χ3n) is 2.94. The van der Waals surface area contributed by atoms with Crippen molar-refractivity contribution in [2.75, 3.05) is 0 Å². The molecule has 1 aromatic carbocycles. The summed E-state index contributed by atoms with van der Waals surface area (Å²) in [7, 11) is 0. The van der Waals surface area contributed by atoms with Gasteiger partial charge in [0.05, 0.1) is 6.10 Å². The Balaban J connectivity index is 2.56. The Kier molecular flexibility index (Phi) is 5.12. The molecule has 3 nitrogen and oxygen atoms in total. The van der Waals surface area contributed by atoms with Crippen LogP contribution in [0.25, 0.3) is 0 Å². The van der Waals surface area contributed by atoms with Gasteiger partial charge in [-0.05, 0) is 52.2 Å². The van der Waals surface area contributed by atoms with Gasteiger partial charge < -0.3 is 10.4 Å². The molecule has 1 rings (SSSR count). The van der Waals surface area contributed by atoms with Crippen molar-refractivity contribution in [2.45, 2.75) is 59.1 Å². The fraction of sp³-hybridized carbons (Fsp3) is 0.562. The van der Waals surface area contributed by atoms with E-state index in [0.29, 0.717) is 12.8 Å². The van der Waals surface area contributed by atoms with Crippen LogP contribution in [0.1, 0.15) is 56.4 Å². The van der Waals surface area contributed by atoms with E-state index in [0.717, 1.165) is 11.1 Å². The lowest BCUT2D eigenvalue weighted by atomic mass is 9.98. The molecule has 0 aliphatic rings. The topological polar surface area (TPSA) is 49.3 Å². The van der Waals surface area contributed by atoms with E-state index < -0.39 is 6.10 Å². The molecule has 1 amide bonds. The second-order valence-electron chi connectivity index (χ2n) is 6.21. The molecule has 0 aliphatic carbocycles. The molecule has 0 saturated heterocycles. The van der Waals surface area contributed by atoms with Crippen molar-refractivity contribution in [3.05, 3.63) is 34.9 Å². The van der Waals surface area contributed by atoms with Crippen LogP contribution >= 0.6 is 0 Å². The average molecular weight is 263 g/mol. The number of hydrogen-bond acceptors (Lipinski definition) is 2. The summed E-state index contributed by atoms with van der Waals surface area (Å²) >= 11 is 0. The monoisotopic (exact) mass is 263 g/mol. The van der Waals surface area contributed by atoms with Gasteiger partial charge in [0.2, 0.25) is 5.91 Å². The summed E-state index contributed by atoms with van der Waals surface area (Å²) in [6.45, 7) is 9.86. The Morgan fingerprint density at radius 1 is 1.32 bits per heavy atom. The van der Waals surface area contributed by atoms with Gasteiger partial charge in [-0.1, -0.05) is 23.8 Å². The molecule has 0 spiro atoms. The lowest BCUT2D eigenvalue weighted by Crippen LogP contribution is -2.40. The number of carbonyl (C=O) groups is 1. The summed E-state index contributed by atoms with van der Waals surface area (Å²) in [5.74, 6) is -0.0173. The predicted molar refractivity (Wildman–Crippen MR) is 78.0 cm³/mol. The van der Waals surface area contributed by atoms with Crippen molar-refractivity contribution < 1.29 is 9.90 Å². The standard InChI is InChI=1S/C16H25NO2/c1-11-6-7-13(12(2)10-11)14(18)8-9-15(19)17-16(3,4)5/h6-7,10,14,18H,8-9H2,1-5H3,(H,17,19). The van der Waals surface area contributed by atoms with Crippen molar-refractivity contribution in [1.29, 1.82) is 0 Å². The Hall–Kier alpha value is -1.35. The molecule has 0 aromatic heterocycles. The van der Waals surface area contributed by atoms with Crippen molar-refractivity contribution >= 4 is 5.91 Å². The van der Waals surface area contributed by atoms with Crippen LogP contribution in [0.5, 0.6) is 0 Å². The summed E-state index contributed by atoms with van der Waals surface area (Å²) in [5.41, 5.74) is 2.94. The number of aliphatic hydroxyl groups excluding tert-OH is 1. The minimum absolute atomic E-state index is 0.0173. The number of rotatable bonds is 4. The van der Waals surface area contributed by atoms with Gasteiger partial charge in [0.1, 0.15) is 0 Å². The zero-order chi connectivity index (χ0) is 14.6. The first-order chi connectivity index (χ1) is 8.69. The zero-order valence-corrected chi connectivity index (χ0v) is 12.6. The molecule has 0 aliphatic heterocycles. The predicted octanol–water partition coefficient (Wildman–Crippen LogP) is 3.03. The quantitative estimate of drug-likeness (QED) is 0.877. The van der Waals surface area contributed by atoms with Crippen molar-refractivity contribution in [3.63, 3.8) is 0 Å². The van der Waals surface area contributed by atoms with E-state index in [4.69, 9.17) is 0 Å². The highest BCUT2D eigenvalue weighted by atomic mass is 16.3. The van der Waals surface area contributed by atoms with E-state index in [1.165, 1.54) is 5.56 Å². The van der Waals surface area contributed by atoms with Gasteiger partial charge in [0.15, 0.2) is 0 Å². The Bertz CT molecular complexity index is 447. The van der Waals surface area contributed by atoms with Crippen molar-refractivity contribution in [1.82, 2.24) is 5.32 Å². The third kappa shape index (κ3) is 5.43. The SMILES string of the molecule is Cc1ccc(C(O)CCC(=O)NC(C)(C)C)c(C)c1. The minimum atomic E-state index is -0.577. The third-order valence-corrected chi connectivity index (χ3v) is 2.94. The normalized spacial score (nSPS) is 13.2. The highest BCUT2D eigenvalue weighted by molar-refractivity contribution is 5.76. The van der Waals surface area contributed by atoms with Crippen molar-refractivity contribution in [3.8, 4) is 0 Å². The molecule has 0 fully saturated rings. The van der Waals surface area contributed by atoms with E-state index in [1.54, 1.807) is 0 Å². The number of nitrogens with one attached hydrogen (secondary N) is 1. The first-order valence-corrected chi connectivity index (χ1v) is 6.75. The van der Waals surface area contributed by atoms with Crippen LogP contribution < -0.4 is 5.32 Å². The minimum Gasteiger partial charge on any atom is -0.388 e. The summed E-state index contributed by atoms with van der Waals surface area (Å²) in [5, 5.41) is 13.1. The molecule has 106 valence electrons. The molecule has 0 radical (unpaired) electrons.